The smallest absolute Gasteiger partial charge is 0.341 e. The number of amides is 1. The van der Waals surface area contributed by atoms with Crippen molar-refractivity contribution < 1.29 is 31.1 Å². The van der Waals surface area contributed by atoms with Crippen molar-refractivity contribution in [2.24, 2.45) is 0 Å². The number of likely N-dealkylation sites (tertiary alicyclic amines) is 3. The monoisotopic (exact) mass is 827 g/mol. The van der Waals surface area contributed by atoms with Crippen LogP contribution < -0.4 is 0 Å². The van der Waals surface area contributed by atoms with Gasteiger partial charge in [-0.2, -0.15) is 26.3 Å². The second-order valence-electron chi connectivity index (χ2n) is 13.6. The highest BCUT2D eigenvalue weighted by molar-refractivity contribution is 6.69. The second-order valence-corrected chi connectivity index (χ2v) is 18.2. The average molecular weight is 830 g/mol. The number of halogens is 12. The Labute approximate surface area is 318 Å². The Bertz CT molecular complexity index is 1480. The van der Waals surface area contributed by atoms with E-state index in [2.05, 4.69) is 9.80 Å². The second kappa shape index (κ2) is 15.5. The molecule has 3 aliphatic rings. The zero-order valence-electron chi connectivity index (χ0n) is 26.9. The van der Waals surface area contributed by atoms with Crippen LogP contribution in [0, 0.1) is 0 Å². The van der Waals surface area contributed by atoms with Gasteiger partial charge < -0.3 is 14.7 Å². The first-order valence-corrected chi connectivity index (χ1v) is 18.7. The van der Waals surface area contributed by atoms with Crippen LogP contribution in [-0.4, -0.2) is 72.5 Å². The van der Waals surface area contributed by atoms with Gasteiger partial charge in [-0.05, 0) is 101 Å². The molecule has 4 nitrogen and oxygen atoms in total. The molecule has 0 unspecified atom stereocenters. The zero-order valence-corrected chi connectivity index (χ0v) is 31.5. The van der Waals surface area contributed by atoms with Crippen LogP contribution in [-0.2, 0) is 36.6 Å². The molecule has 0 saturated carbocycles. The molecule has 0 aliphatic carbocycles. The molecule has 50 heavy (non-hydrogen) atoms. The molecule has 2 aromatic carbocycles. The van der Waals surface area contributed by atoms with Gasteiger partial charge in [0.15, 0.2) is 0 Å². The van der Waals surface area contributed by atoms with E-state index < -0.39 is 48.8 Å². The molecule has 3 aliphatic heterocycles. The standard InChI is InChI=1S/C34H37Cl6F6N3O/c35-31(36,37)27-5-4-23(20-28(27)32(38,39)40)30(8-14-47-12-6-26(7-13-47)48-10-2-1-3-11-48)9-15-49(21-30)29(50)18-22-16-24(33(41,42)43)19-25(17-22)34(44,45)46/h4-5,16-17,19-20,26H,1-3,6-15,18,21H2/t30-/m1/s1. The van der Waals surface area contributed by atoms with Crippen LogP contribution in [0.4, 0.5) is 26.3 Å². The van der Waals surface area contributed by atoms with Crippen molar-refractivity contribution in [1.82, 2.24) is 14.7 Å². The third-order valence-electron chi connectivity index (χ3n) is 10.3. The van der Waals surface area contributed by atoms with Gasteiger partial charge in [0.05, 0.1) is 17.5 Å². The fourth-order valence-corrected chi connectivity index (χ4v) is 8.56. The van der Waals surface area contributed by atoms with Crippen molar-refractivity contribution in [2.45, 2.75) is 82.8 Å². The Morgan fingerprint density at radius 2 is 1.32 bits per heavy atom. The van der Waals surface area contributed by atoms with Crippen LogP contribution in [0.2, 0.25) is 0 Å². The summed E-state index contributed by atoms with van der Waals surface area (Å²) in [7, 11) is 0. The molecule has 0 bridgehead atoms. The number of piperidine rings is 2. The number of benzene rings is 2. The van der Waals surface area contributed by atoms with E-state index in [-0.39, 0.29) is 35.8 Å². The van der Waals surface area contributed by atoms with Crippen LogP contribution in [0.5, 0.6) is 0 Å². The molecular weight excluding hydrogens is 793 g/mol. The molecule has 0 aromatic heterocycles. The molecule has 16 heteroatoms. The minimum atomic E-state index is -5.02. The molecule has 0 N–H and O–H groups in total. The zero-order chi connectivity index (χ0) is 36.7. The lowest BCUT2D eigenvalue weighted by Crippen LogP contribution is -2.47. The molecule has 0 radical (unpaired) electrons. The summed E-state index contributed by atoms with van der Waals surface area (Å²) in [5.41, 5.74) is -2.98. The largest absolute Gasteiger partial charge is 0.416 e. The lowest BCUT2D eigenvalue weighted by molar-refractivity contribution is -0.143. The highest BCUT2D eigenvalue weighted by Crippen LogP contribution is 2.50. The summed E-state index contributed by atoms with van der Waals surface area (Å²) >= 11 is 37.7. The topological polar surface area (TPSA) is 26.8 Å². The Kier molecular flexibility index (Phi) is 12.5. The summed E-state index contributed by atoms with van der Waals surface area (Å²) in [4.78, 5) is 20.1. The van der Waals surface area contributed by atoms with Gasteiger partial charge in [-0.1, -0.05) is 94.2 Å². The van der Waals surface area contributed by atoms with Gasteiger partial charge in [0.1, 0.15) is 0 Å². The molecule has 0 spiro atoms. The minimum Gasteiger partial charge on any atom is -0.341 e. The van der Waals surface area contributed by atoms with Crippen molar-refractivity contribution in [2.75, 3.05) is 45.8 Å². The summed E-state index contributed by atoms with van der Waals surface area (Å²) in [5.74, 6) is -0.596. The van der Waals surface area contributed by atoms with E-state index in [4.69, 9.17) is 69.6 Å². The number of alkyl halides is 12. The van der Waals surface area contributed by atoms with E-state index in [1.807, 2.05) is 0 Å². The predicted octanol–water partition coefficient (Wildman–Crippen LogP) is 10.4. The lowest BCUT2D eigenvalue weighted by Gasteiger charge is -2.41. The molecule has 5 rings (SSSR count). The van der Waals surface area contributed by atoms with Gasteiger partial charge in [-0.3, -0.25) is 4.79 Å². The van der Waals surface area contributed by atoms with Gasteiger partial charge in [0, 0.05) is 35.7 Å². The fraction of sp³-hybridized carbons (Fsp3) is 0.618. The molecule has 1 atom stereocenters. The van der Waals surface area contributed by atoms with E-state index in [9.17, 15) is 31.1 Å². The summed E-state index contributed by atoms with van der Waals surface area (Å²) < 4.78 is 77.2. The number of carbonyl (C=O) groups excluding carboxylic acids is 1. The van der Waals surface area contributed by atoms with Gasteiger partial charge >= 0.3 is 12.4 Å². The summed E-state index contributed by atoms with van der Waals surface area (Å²) in [6.07, 6.45) is -3.84. The SMILES string of the molecule is O=C(Cc1cc(C(F)(F)F)cc(C(F)(F)F)c1)N1CC[C@@](CCN2CCC(N3CCCCC3)CC2)(c2ccc(C(Cl)(Cl)Cl)c(C(Cl)(Cl)Cl)c2)C1. The third-order valence-corrected chi connectivity index (χ3v) is 11.5. The van der Waals surface area contributed by atoms with Crippen molar-refractivity contribution in [3.63, 3.8) is 0 Å². The predicted molar refractivity (Wildman–Crippen MR) is 187 cm³/mol. The first-order chi connectivity index (χ1) is 23.2. The number of nitrogens with zero attached hydrogens (tertiary/aromatic N) is 3. The highest BCUT2D eigenvalue weighted by atomic mass is 35.6. The molecule has 1 amide bonds. The van der Waals surface area contributed by atoms with Crippen molar-refractivity contribution in [1.29, 1.82) is 0 Å². The molecule has 3 heterocycles. The summed E-state index contributed by atoms with van der Waals surface area (Å²) in [6.45, 7) is 5.12. The first-order valence-electron chi connectivity index (χ1n) is 16.5. The van der Waals surface area contributed by atoms with Gasteiger partial charge in [-0.15, -0.1) is 0 Å². The molecular formula is C34H37Cl6F6N3O. The van der Waals surface area contributed by atoms with Gasteiger partial charge in [0.25, 0.3) is 0 Å². The van der Waals surface area contributed by atoms with Crippen LogP contribution in [0.15, 0.2) is 36.4 Å². The maximum absolute atomic E-state index is 13.6. The van der Waals surface area contributed by atoms with Crippen LogP contribution in [0.25, 0.3) is 0 Å². The van der Waals surface area contributed by atoms with E-state index in [0.717, 1.165) is 39.0 Å². The van der Waals surface area contributed by atoms with E-state index in [0.29, 0.717) is 43.1 Å². The highest BCUT2D eigenvalue weighted by Gasteiger charge is 2.44. The molecule has 3 fully saturated rings. The molecule has 3 saturated heterocycles. The van der Waals surface area contributed by atoms with Crippen LogP contribution in [0.3, 0.4) is 0 Å². The van der Waals surface area contributed by atoms with Crippen LogP contribution >= 0.6 is 69.6 Å². The van der Waals surface area contributed by atoms with E-state index in [1.54, 1.807) is 18.2 Å². The van der Waals surface area contributed by atoms with Gasteiger partial charge in [0.2, 0.25) is 13.5 Å². The average Bonchev–Trinajstić information content (AvgIpc) is 3.48. The maximum Gasteiger partial charge on any atom is 0.416 e. The molecule has 2 aromatic rings. The number of hydrogen-bond donors (Lipinski definition) is 0. The number of rotatable bonds is 7. The van der Waals surface area contributed by atoms with E-state index in [1.165, 1.54) is 24.2 Å². The maximum atomic E-state index is 13.6. The Morgan fingerprint density at radius 1 is 0.740 bits per heavy atom. The Hall–Kier alpha value is -0.850. The van der Waals surface area contributed by atoms with Crippen molar-refractivity contribution >= 4 is 75.5 Å². The number of hydrogen-bond acceptors (Lipinski definition) is 3. The van der Waals surface area contributed by atoms with Gasteiger partial charge in [-0.25, -0.2) is 0 Å². The summed E-state index contributed by atoms with van der Waals surface area (Å²) in [5, 5.41) is 0. The fourth-order valence-electron chi connectivity index (χ4n) is 7.60. The molecule has 278 valence electrons. The third kappa shape index (κ3) is 9.82. The van der Waals surface area contributed by atoms with E-state index >= 15 is 0 Å². The van der Waals surface area contributed by atoms with Crippen molar-refractivity contribution in [3.8, 4) is 0 Å². The quantitative estimate of drug-likeness (QED) is 0.206. The summed E-state index contributed by atoms with van der Waals surface area (Å²) in [6, 6.07) is 6.76. The Morgan fingerprint density at radius 3 is 1.86 bits per heavy atom. The van der Waals surface area contributed by atoms with Crippen LogP contribution in [0.1, 0.15) is 78.3 Å². The van der Waals surface area contributed by atoms with Crippen molar-refractivity contribution in [3.05, 3.63) is 69.8 Å². The lowest BCUT2D eigenvalue weighted by atomic mass is 9.75. The Balaban J connectivity index is 1.40. The normalized spacial score (nSPS) is 22.4. The minimum absolute atomic E-state index is 0.0489. The first kappa shape index (κ1) is 40.3. The number of carbonyl (C=O) groups is 1.